The molecule has 1 atom stereocenters. The Kier molecular flexibility index (Phi) is 4.02. The molecule has 2 aromatic carbocycles. The van der Waals surface area contributed by atoms with Crippen LogP contribution in [-0.2, 0) is 4.79 Å². The highest BCUT2D eigenvalue weighted by atomic mass is 16.4. The molecule has 2 aromatic rings. The highest BCUT2D eigenvalue weighted by Crippen LogP contribution is 2.23. The van der Waals surface area contributed by atoms with E-state index in [-0.39, 0.29) is 0 Å². The van der Waals surface area contributed by atoms with E-state index in [0.717, 1.165) is 5.56 Å². The molecule has 0 amide bonds. The summed E-state index contributed by atoms with van der Waals surface area (Å²) in [6.07, 6.45) is 0. The zero-order valence-corrected chi connectivity index (χ0v) is 11.0. The van der Waals surface area contributed by atoms with Gasteiger partial charge in [-0.3, -0.25) is 0 Å². The quantitative estimate of drug-likeness (QED) is 0.891. The number of nitrogens with one attached hydrogen (secondary N) is 1. The molecule has 4 heteroatoms. The monoisotopic (exact) mass is 266 g/mol. The van der Waals surface area contributed by atoms with Crippen molar-refractivity contribution >= 4 is 11.7 Å². The lowest BCUT2D eigenvalue weighted by molar-refractivity contribution is -0.138. The van der Waals surface area contributed by atoms with Crippen LogP contribution in [0.5, 0.6) is 0 Å². The van der Waals surface area contributed by atoms with Crippen molar-refractivity contribution in [3.8, 4) is 6.07 Å². The summed E-state index contributed by atoms with van der Waals surface area (Å²) in [4.78, 5) is 11.4. The van der Waals surface area contributed by atoms with E-state index in [1.807, 2.05) is 19.1 Å². The molecular weight excluding hydrogens is 252 g/mol. The van der Waals surface area contributed by atoms with Gasteiger partial charge in [0.25, 0.3) is 0 Å². The summed E-state index contributed by atoms with van der Waals surface area (Å²) in [6, 6.07) is 15.3. The molecule has 0 bridgehead atoms. The third-order valence-electron chi connectivity index (χ3n) is 3.05. The van der Waals surface area contributed by atoms with E-state index < -0.39 is 12.0 Å². The van der Waals surface area contributed by atoms with Gasteiger partial charge in [0.05, 0.1) is 11.6 Å². The van der Waals surface area contributed by atoms with Gasteiger partial charge < -0.3 is 10.4 Å². The number of carboxylic acids is 1. The molecule has 20 heavy (non-hydrogen) atoms. The molecule has 0 heterocycles. The summed E-state index contributed by atoms with van der Waals surface area (Å²) in [5.41, 5.74) is 2.71. The van der Waals surface area contributed by atoms with E-state index in [4.69, 9.17) is 5.26 Å². The molecule has 0 radical (unpaired) electrons. The van der Waals surface area contributed by atoms with Crippen LogP contribution >= 0.6 is 0 Å². The maximum atomic E-state index is 11.4. The Labute approximate surface area is 117 Å². The minimum absolute atomic E-state index is 0.496. The van der Waals surface area contributed by atoms with Gasteiger partial charge in [0.1, 0.15) is 0 Å². The summed E-state index contributed by atoms with van der Waals surface area (Å²) in [5, 5.41) is 21.3. The van der Waals surface area contributed by atoms with E-state index in [9.17, 15) is 9.90 Å². The predicted molar refractivity (Wildman–Crippen MR) is 76.3 cm³/mol. The van der Waals surface area contributed by atoms with Crippen molar-refractivity contribution in [3.63, 3.8) is 0 Å². The van der Waals surface area contributed by atoms with Gasteiger partial charge in [-0.05, 0) is 30.2 Å². The number of hydrogen-bond acceptors (Lipinski definition) is 3. The van der Waals surface area contributed by atoms with E-state index in [2.05, 4.69) is 5.32 Å². The van der Waals surface area contributed by atoms with Crippen LogP contribution in [0.1, 0.15) is 22.7 Å². The Morgan fingerprint density at radius 2 is 1.95 bits per heavy atom. The number of hydrogen-bond donors (Lipinski definition) is 2. The first kappa shape index (κ1) is 13.6. The van der Waals surface area contributed by atoms with Gasteiger partial charge in [-0.1, -0.05) is 36.4 Å². The Hall–Kier alpha value is -2.80. The number of carboxylic acid groups (broad SMARTS) is 1. The van der Waals surface area contributed by atoms with Crippen LogP contribution in [0.25, 0.3) is 0 Å². The van der Waals surface area contributed by atoms with Crippen LogP contribution in [0.15, 0.2) is 48.5 Å². The van der Waals surface area contributed by atoms with E-state index >= 15 is 0 Å². The maximum Gasteiger partial charge on any atom is 0.330 e. The minimum atomic E-state index is -0.960. The lowest BCUT2D eigenvalue weighted by atomic mass is 10.0. The number of anilines is 1. The van der Waals surface area contributed by atoms with Gasteiger partial charge in [0.15, 0.2) is 6.04 Å². The number of nitrogens with zero attached hydrogens (tertiary/aromatic N) is 1. The Bertz CT molecular complexity index is 660. The molecule has 0 saturated heterocycles. The summed E-state index contributed by atoms with van der Waals surface area (Å²) in [5.74, 6) is -0.960. The van der Waals surface area contributed by atoms with Crippen molar-refractivity contribution in [1.82, 2.24) is 0 Å². The number of benzene rings is 2. The van der Waals surface area contributed by atoms with E-state index in [0.29, 0.717) is 16.8 Å². The highest BCUT2D eigenvalue weighted by Gasteiger charge is 2.20. The average molecular weight is 266 g/mol. The molecule has 100 valence electrons. The van der Waals surface area contributed by atoms with Crippen LogP contribution in [0.3, 0.4) is 0 Å². The second kappa shape index (κ2) is 5.89. The fourth-order valence-electron chi connectivity index (χ4n) is 1.94. The number of carbonyl (C=O) groups is 1. The van der Waals surface area contributed by atoms with Gasteiger partial charge in [0, 0.05) is 5.69 Å². The minimum Gasteiger partial charge on any atom is -0.479 e. The van der Waals surface area contributed by atoms with Crippen LogP contribution in [0.4, 0.5) is 5.69 Å². The van der Waals surface area contributed by atoms with Gasteiger partial charge in [0.2, 0.25) is 0 Å². The third kappa shape index (κ3) is 2.96. The second-order valence-corrected chi connectivity index (χ2v) is 4.47. The standard InChI is InChI=1S/C16H14N2O2/c1-11-7-8-12(10-17)9-14(11)18-15(16(19)20)13-5-3-2-4-6-13/h2-9,15,18H,1H3,(H,19,20). The molecule has 2 N–H and O–H groups in total. The number of rotatable bonds is 4. The Morgan fingerprint density at radius 1 is 1.25 bits per heavy atom. The summed E-state index contributed by atoms with van der Waals surface area (Å²) < 4.78 is 0. The molecule has 0 spiro atoms. The van der Waals surface area contributed by atoms with Crippen LogP contribution in [0.2, 0.25) is 0 Å². The van der Waals surface area contributed by atoms with Gasteiger partial charge >= 0.3 is 5.97 Å². The van der Waals surface area contributed by atoms with Crippen molar-refractivity contribution in [2.75, 3.05) is 5.32 Å². The van der Waals surface area contributed by atoms with Crippen molar-refractivity contribution in [3.05, 3.63) is 65.2 Å². The first-order chi connectivity index (χ1) is 9.61. The van der Waals surface area contributed by atoms with Crippen LogP contribution in [-0.4, -0.2) is 11.1 Å². The fraction of sp³-hybridized carbons (Fsp3) is 0.125. The van der Waals surface area contributed by atoms with Gasteiger partial charge in [-0.25, -0.2) is 4.79 Å². The molecule has 4 nitrogen and oxygen atoms in total. The first-order valence-electron chi connectivity index (χ1n) is 6.17. The fourth-order valence-corrected chi connectivity index (χ4v) is 1.94. The normalized spacial score (nSPS) is 11.4. The smallest absolute Gasteiger partial charge is 0.330 e. The largest absolute Gasteiger partial charge is 0.479 e. The van der Waals surface area contributed by atoms with E-state index in [1.54, 1.807) is 42.5 Å². The topological polar surface area (TPSA) is 73.1 Å². The molecule has 2 rings (SSSR count). The summed E-state index contributed by atoms with van der Waals surface area (Å²) >= 11 is 0. The lowest BCUT2D eigenvalue weighted by Gasteiger charge is -2.18. The first-order valence-corrected chi connectivity index (χ1v) is 6.17. The molecule has 0 aromatic heterocycles. The van der Waals surface area contributed by atoms with Gasteiger partial charge in [-0.15, -0.1) is 0 Å². The molecule has 0 aliphatic rings. The summed E-state index contributed by atoms with van der Waals surface area (Å²) in [7, 11) is 0. The molecule has 0 fully saturated rings. The van der Waals surface area contributed by atoms with Gasteiger partial charge in [-0.2, -0.15) is 5.26 Å². The molecule has 0 aliphatic carbocycles. The lowest BCUT2D eigenvalue weighted by Crippen LogP contribution is -2.20. The van der Waals surface area contributed by atoms with Crippen molar-refractivity contribution in [2.24, 2.45) is 0 Å². The molecule has 0 aliphatic heterocycles. The SMILES string of the molecule is Cc1ccc(C#N)cc1NC(C(=O)O)c1ccccc1. The zero-order valence-electron chi connectivity index (χ0n) is 11.0. The van der Waals surface area contributed by atoms with Crippen molar-refractivity contribution in [1.29, 1.82) is 5.26 Å². The Balaban J connectivity index is 2.35. The van der Waals surface area contributed by atoms with Crippen LogP contribution in [0, 0.1) is 18.3 Å². The number of aliphatic carboxylic acids is 1. The Morgan fingerprint density at radius 3 is 2.55 bits per heavy atom. The van der Waals surface area contributed by atoms with Crippen molar-refractivity contribution in [2.45, 2.75) is 13.0 Å². The number of nitriles is 1. The van der Waals surface area contributed by atoms with Crippen LogP contribution < -0.4 is 5.32 Å². The zero-order chi connectivity index (χ0) is 14.5. The summed E-state index contributed by atoms with van der Waals surface area (Å²) in [6.45, 7) is 1.87. The van der Waals surface area contributed by atoms with E-state index in [1.165, 1.54) is 0 Å². The molecule has 1 unspecified atom stereocenters. The second-order valence-electron chi connectivity index (χ2n) is 4.47. The predicted octanol–water partition coefficient (Wildman–Crippen LogP) is 3.10. The maximum absolute atomic E-state index is 11.4. The number of aryl methyl sites for hydroxylation is 1. The third-order valence-corrected chi connectivity index (χ3v) is 3.05. The molecule has 0 saturated carbocycles. The average Bonchev–Trinajstić information content (AvgIpc) is 2.47. The molecular formula is C16H14N2O2. The van der Waals surface area contributed by atoms with Crippen molar-refractivity contribution < 1.29 is 9.90 Å². The highest BCUT2D eigenvalue weighted by molar-refractivity contribution is 5.79.